The van der Waals surface area contributed by atoms with Crippen molar-refractivity contribution >= 4 is 11.7 Å². The Morgan fingerprint density at radius 2 is 1.84 bits per heavy atom. The normalized spacial score (nSPS) is 17.9. The first-order valence-corrected chi connectivity index (χ1v) is 15.0. The number of aromatic nitrogens is 1. The Morgan fingerprint density at radius 1 is 1.09 bits per heavy atom. The second-order valence-corrected chi connectivity index (χ2v) is 11.3. The lowest BCUT2D eigenvalue weighted by Crippen LogP contribution is -2.46. The Hall–Kier alpha value is -4.12. The molecule has 11 heteroatoms. The lowest BCUT2D eigenvalue weighted by Gasteiger charge is -2.42. The summed E-state index contributed by atoms with van der Waals surface area (Å²) >= 11 is 0. The van der Waals surface area contributed by atoms with Crippen molar-refractivity contribution in [3.8, 4) is 11.6 Å². The molecule has 240 valence electrons. The fourth-order valence-corrected chi connectivity index (χ4v) is 6.15. The fraction of sp³-hybridized carbons (Fsp3) is 0.412. The van der Waals surface area contributed by atoms with Gasteiger partial charge in [0.25, 0.3) is 0 Å². The minimum atomic E-state index is -4.39. The molecule has 7 nitrogen and oxygen atoms in total. The summed E-state index contributed by atoms with van der Waals surface area (Å²) in [5.74, 6) is 0.541. The number of fused-ring (bicyclic) bond motifs is 2. The maximum absolute atomic E-state index is 13.8. The van der Waals surface area contributed by atoms with Crippen LogP contribution >= 0.6 is 0 Å². The lowest BCUT2D eigenvalue weighted by molar-refractivity contribution is -0.155. The number of amides is 1. The van der Waals surface area contributed by atoms with Crippen molar-refractivity contribution in [2.24, 2.45) is 0 Å². The van der Waals surface area contributed by atoms with E-state index < -0.39 is 31.5 Å². The van der Waals surface area contributed by atoms with Crippen molar-refractivity contribution in [3.63, 3.8) is 0 Å². The van der Waals surface area contributed by atoms with E-state index in [4.69, 9.17) is 14.2 Å². The van der Waals surface area contributed by atoms with Crippen molar-refractivity contribution in [2.45, 2.75) is 51.1 Å². The number of rotatable bonds is 12. The first kappa shape index (κ1) is 32.3. The summed E-state index contributed by atoms with van der Waals surface area (Å²) < 4.78 is 71.4. The van der Waals surface area contributed by atoms with Gasteiger partial charge in [-0.2, -0.15) is 13.2 Å². The zero-order valence-corrected chi connectivity index (χ0v) is 25.4. The van der Waals surface area contributed by atoms with Crippen molar-refractivity contribution in [2.75, 3.05) is 40.0 Å². The van der Waals surface area contributed by atoms with Crippen LogP contribution in [0.1, 0.15) is 48.1 Å². The molecule has 2 aliphatic rings. The van der Waals surface area contributed by atoms with Crippen molar-refractivity contribution in [3.05, 3.63) is 94.7 Å². The number of halogens is 4. The summed E-state index contributed by atoms with van der Waals surface area (Å²) in [6, 6.07) is 17.7. The number of hydrogen-bond acceptors (Lipinski definition) is 6. The van der Waals surface area contributed by atoms with Crippen LogP contribution in [0.4, 0.5) is 22.4 Å². The zero-order chi connectivity index (χ0) is 32.0. The number of methoxy groups -OCH3 is 1. The third kappa shape index (κ3) is 7.76. The molecule has 0 spiro atoms. The number of benzene rings is 2. The SMILES string of the molecule is COc1cc(OCCN(CCCF)C(=O)OCc2ccccc2)ncc1[C@@H]1C2=C(C[C@@H](C)N1CC(F)(F)F)c1ccccc1C2. The highest BCUT2D eigenvalue weighted by Crippen LogP contribution is 2.50. The number of carbonyl (C=O) groups is 1. The highest BCUT2D eigenvalue weighted by Gasteiger charge is 2.44. The van der Waals surface area contributed by atoms with Crippen LogP contribution in [0.3, 0.4) is 0 Å². The van der Waals surface area contributed by atoms with Crippen LogP contribution < -0.4 is 9.47 Å². The Bertz CT molecular complexity index is 1500. The van der Waals surface area contributed by atoms with Crippen LogP contribution in [0.25, 0.3) is 5.57 Å². The smallest absolute Gasteiger partial charge is 0.410 e. The van der Waals surface area contributed by atoms with E-state index in [0.29, 0.717) is 24.2 Å². The van der Waals surface area contributed by atoms with Gasteiger partial charge in [0, 0.05) is 30.4 Å². The number of alkyl halides is 4. The molecule has 0 saturated carbocycles. The summed E-state index contributed by atoms with van der Waals surface area (Å²) in [7, 11) is 1.46. The van der Waals surface area contributed by atoms with Crippen molar-refractivity contribution in [1.29, 1.82) is 0 Å². The van der Waals surface area contributed by atoms with Crippen LogP contribution in [0.2, 0.25) is 0 Å². The van der Waals surface area contributed by atoms with E-state index in [1.54, 1.807) is 6.07 Å². The molecule has 0 N–H and O–H groups in total. The second-order valence-electron chi connectivity index (χ2n) is 11.3. The quantitative estimate of drug-likeness (QED) is 0.199. The minimum Gasteiger partial charge on any atom is -0.496 e. The maximum atomic E-state index is 13.8. The van der Waals surface area contributed by atoms with Gasteiger partial charge in [0.1, 0.15) is 19.0 Å². The highest BCUT2D eigenvalue weighted by atomic mass is 19.4. The molecule has 0 saturated heterocycles. The Labute approximate surface area is 260 Å². The molecule has 1 aromatic heterocycles. The van der Waals surface area contributed by atoms with Gasteiger partial charge in [0.05, 0.1) is 32.9 Å². The molecule has 2 aromatic carbocycles. The Kier molecular flexibility index (Phi) is 10.3. The summed E-state index contributed by atoms with van der Waals surface area (Å²) in [4.78, 5) is 20.0. The Balaban J connectivity index is 1.33. The molecule has 1 aliphatic heterocycles. The minimum absolute atomic E-state index is 0.0352. The van der Waals surface area contributed by atoms with Crippen LogP contribution in [0.15, 0.2) is 72.4 Å². The number of pyridine rings is 1. The zero-order valence-electron chi connectivity index (χ0n) is 25.4. The number of ether oxygens (including phenoxy) is 3. The molecule has 3 aromatic rings. The average molecular weight is 628 g/mol. The van der Waals surface area contributed by atoms with E-state index in [9.17, 15) is 22.4 Å². The first-order chi connectivity index (χ1) is 21.7. The van der Waals surface area contributed by atoms with Crippen molar-refractivity contribution in [1.82, 2.24) is 14.8 Å². The van der Waals surface area contributed by atoms with Gasteiger partial charge in [-0.3, -0.25) is 9.29 Å². The molecule has 0 radical (unpaired) electrons. The second kappa shape index (κ2) is 14.3. The highest BCUT2D eigenvalue weighted by molar-refractivity contribution is 5.79. The van der Waals surface area contributed by atoms with Crippen LogP contribution in [0, 0.1) is 0 Å². The van der Waals surface area contributed by atoms with E-state index in [1.807, 2.05) is 61.5 Å². The molecule has 0 unspecified atom stereocenters. The van der Waals surface area contributed by atoms with E-state index in [0.717, 1.165) is 27.8 Å². The molecule has 0 fully saturated rings. The van der Waals surface area contributed by atoms with Gasteiger partial charge < -0.3 is 19.1 Å². The largest absolute Gasteiger partial charge is 0.496 e. The van der Waals surface area contributed by atoms with Crippen LogP contribution in [-0.2, 0) is 17.8 Å². The molecule has 1 amide bonds. The van der Waals surface area contributed by atoms with Crippen LogP contribution in [0.5, 0.6) is 11.6 Å². The van der Waals surface area contributed by atoms with E-state index in [-0.39, 0.29) is 44.6 Å². The average Bonchev–Trinajstić information content (AvgIpc) is 3.39. The fourth-order valence-electron chi connectivity index (χ4n) is 6.15. The molecule has 2 atom stereocenters. The Morgan fingerprint density at radius 3 is 2.58 bits per heavy atom. The summed E-state index contributed by atoms with van der Waals surface area (Å²) in [6.07, 6.45) is -2.25. The van der Waals surface area contributed by atoms with E-state index in [2.05, 4.69) is 4.98 Å². The predicted octanol–water partition coefficient (Wildman–Crippen LogP) is 7.17. The van der Waals surface area contributed by atoms with Gasteiger partial charge in [-0.25, -0.2) is 9.78 Å². The molecule has 45 heavy (non-hydrogen) atoms. The molecular formula is C34H37F4N3O4. The molecule has 1 aliphatic carbocycles. The van der Waals surface area contributed by atoms with Gasteiger partial charge in [-0.15, -0.1) is 0 Å². The number of carbonyl (C=O) groups excluding carboxylic acids is 1. The maximum Gasteiger partial charge on any atom is 0.410 e. The molecule has 2 heterocycles. The summed E-state index contributed by atoms with van der Waals surface area (Å²) in [6.45, 7) is 0.556. The van der Waals surface area contributed by atoms with Gasteiger partial charge in [-0.1, -0.05) is 54.6 Å². The third-order valence-corrected chi connectivity index (χ3v) is 8.22. The van der Waals surface area contributed by atoms with Gasteiger partial charge >= 0.3 is 12.3 Å². The number of hydrogen-bond donors (Lipinski definition) is 0. The van der Waals surface area contributed by atoms with Crippen LogP contribution in [-0.4, -0.2) is 73.1 Å². The predicted molar refractivity (Wildman–Crippen MR) is 162 cm³/mol. The van der Waals surface area contributed by atoms with E-state index in [1.165, 1.54) is 23.1 Å². The monoisotopic (exact) mass is 627 g/mol. The molecular weight excluding hydrogens is 590 g/mol. The van der Waals surface area contributed by atoms with Gasteiger partial charge in [0.2, 0.25) is 5.88 Å². The molecule has 5 rings (SSSR count). The lowest BCUT2D eigenvalue weighted by atomic mass is 9.85. The summed E-state index contributed by atoms with van der Waals surface area (Å²) in [5.41, 5.74) is 5.54. The van der Waals surface area contributed by atoms with Crippen molar-refractivity contribution < 1.29 is 36.6 Å². The van der Waals surface area contributed by atoms with Gasteiger partial charge in [-0.05, 0) is 54.0 Å². The van der Waals surface area contributed by atoms with E-state index >= 15 is 0 Å². The standard InChI is InChI=1S/C34H37F4N3O4/c1-23-17-27-26-12-7-6-11-25(26)18-28(27)32(41(23)22-34(36,37)38)29-20-39-31(19-30(29)43-2)44-16-15-40(14-8-13-35)33(42)45-21-24-9-4-3-5-10-24/h3-7,9-12,19-20,23,32H,8,13-18,21-22H2,1-2H3/t23-,32+/m1/s1. The third-order valence-electron chi connectivity index (χ3n) is 8.22. The number of nitrogens with zero attached hydrogens (tertiary/aromatic N) is 3. The summed E-state index contributed by atoms with van der Waals surface area (Å²) in [5, 5.41) is 0. The topological polar surface area (TPSA) is 64.1 Å². The van der Waals surface area contributed by atoms with Gasteiger partial charge in [0.15, 0.2) is 0 Å². The first-order valence-electron chi connectivity index (χ1n) is 15.0. The molecule has 0 bridgehead atoms.